The molecular formula is C11H12N2O2S. The molecule has 0 aromatic carbocycles. The number of hydrogen-bond acceptors (Lipinski definition) is 3. The fraction of sp³-hybridized carbons (Fsp3) is 0.273. The second-order valence-corrected chi connectivity index (χ2v) is 4.28. The van der Waals surface area contributed by atoms with Gasteiger partial charge in [0.15, 0.2) is 0 Å². The summed E-state index contributed by atoms with van der Waals surface area (Å²) in [5.41, 5.74) is 1.30. The number of amides is 3. The topological polar surface area (TPSA) is 49.4 Å². The Kier molecular flexibility index (Phi) is 3.05. The lowest BCUT2D eigenvalue weighted by atomic mass is 10.2. The lowest BCUT2D eigenvalue weighted by molar-refractivity contribution is -0.122. The Morgan fingerprint density at radius 1 is 1.50 bits per heavy atom. The zero-order valence-corrected chi connectivity index (χ0v) is 9.71. The molecule has 5 heteroatoms. The number of hydrogen-bond donors (Lipinski definition) is 1. The second-order valence-electron chi connectivity index (χ2n) is 3.50. The van der Waals surface area contributed by atoms with Crippen molar-refractivity contribution >= 4 is 29.4 Å². The van der Waals surface area contributed by atoms with Crippen LogP contribution in [0.1, 0.15) is 18.9 Å². The third kappa shape index (κ3) is 1.99. The molecule has 0 unspecified atom stereocenters. The van der Waals surface area contributed by atoms with Gasteiger partial charge in [-0.25, -0.2) is 4.79 Å². The Labute approximate surface area is 97.6 Å². The Hall–Kier alpha value is -1.62. The van der Waals surface area contributed by atoms with Crippen molar-refractivity contribution in [2.75, 3.05) is 6.54 Å². The summed E-state index contributed by atoms with van der Waals surface area (Å²) in [6.45, 7) is 2.40. The van der Waals surface area contributed by atoms with Gasteiger partial charge in [0.2, 0.25) is 0 Å². The molecular weight excluding hydrogens is 224 g/mol. The highest BCUT2D eigenvalue weighted by atomic mass is 32.1. The van der Waals surface area contributed by atoms with E-state index in [4.69, 9.17) is 0 Å². The van der Waals surface area contributed by atoms with Gasteiger partial charge >= 0.3 is 6.03 Å². The first kappa shape index (κ1) is 10.9. The van der Waals surface area contributed by atoms with Crippen molar-refractivity contribution in [3.63, 3.8) is 0 Å². The van der Waals surface area contributed by atoms with Crippen LogP contribution >= 0.6 is 11.3 Å². The normalized spacial score (nSPS) is 18.3. The van der Waals surface area contributed by atoms with Gasteiger partial charge in [-0.1, -0.05) is 6.92 Å². The van der Waals surface area contributed by atoms with E-state index in [1.165, 1.54) is 4.90 Å². The fourth-order valence-electron chi connectivity index (χ4n) is 1.52. The van der Waals surface area contributed by atoms with Crippen LogP contribution in [-0.2, 0) is 4.79 Å². The highest BCUT2D eigenvalue weighted by molar-refractivity contribution is 7.08. The van der Waals surface area contributed by atoms with E-state index in [1.807, 2.05) is 23.8 Å². The molecule has 84 valence electrons. The number of nitrogens with zero attached hydrogens (tertiary/aromatic N) is 1. The Morgan fingerprint density at radius 2 is 2.31 bits per heavy atom. The minimum absolute atomic E-state index is 0.238. The predicted molar refractivity (Wildman–Crippen MR) is 62.8 cm³/mol. The Balaban J connectivity index is 2.20. The maximum Gasteiger partial charge on any atom is 0.329 e. The van der Waals surface area contributed by atoms with E-state index in [-0.39, 0.29) is 11.9 Å². The summed E-state index contributed by atoms with van der Waals surface area (Å²) in [6.07, 6.45) is 2.47. The molecule has 1 aliphatic rings. The van der Waals surface area contributed by atoms with Gasteiger partial charge in [-0.2, -0.15) is 11.3 Å². The van der Waals surface area contributed by atoms with Gasteiger partial charge in [0.05, 0.1) is 0 Å². The lowest BCUT2D eigenvalue weighted by Crippen LogP contribution is -2.31. The van der Waals surface area contributed by atoms with E-state index in [9.17, 15) is 9.59 Å². The zero-order chi connectivity index (χ0) is 11.5. The first-order chi connectivity index (χ1) is 7.72. The SMILES string of the molecule is CCCN1C(=O)N/C(=C/c2ccsc2)C1=O. The van der Waals surface area contributed by atoms with Crippen LogP contribution in [0.25, 0.3) is 6.08 Å². The summed E-state index contributed by atoms with van der Waals surface area (Å²) in [7, 11) is 0. The molecule has 0 atom stereocenters. The van der Waals surface area contributed by atoms with Gasteiger partial charge in [-0.15, -0.1) is 0 Å². The Morgan fingerprint density at radius 3 is 2.94 bits per heavy atom. The molecule has 1 aromatic rings. The van der Waals surface area contributed by atoms with E-state index < -0.39 is 0 Å². The van der Waals surface area contributed by atoms with E-state index in [0.717, 1.165) is 12.0 Å². The molecule has 0 saturated carbocycles. The third-order valence-corrected chi connectivity index (χ3v) is 2.97. The quantitative estimate of drug-likeness (QED) is 0.645. The molecule has 3 amide bonds. The van der Waals surface area contributed by atoms with Crippen LogP contribution in [0, 0.1) is 0 Å². The van der Waals surface area contributed by atoms with Crippen LogP contribution in [-0.4, -0.2) is 23.4 Å². The molecule has 16 heavy (non-hydrogen) atoms. The largest absolute Gasteiger partial charge is 0.329 e. The minimum Gasteiger partial charge on any atom is -0.303 e. The average Bonchev–Trinajstić information content (AvgIpc) is 2.84. The van der Waals surface area contributed by atoms with Gasteiger partial charge in [0.25, 0.3) is 5.91 Å². The number of urea groups is 1. The fourth-order valence-corrected chi connectivity index (χ4v) is 2.14. The molecule has 0 bridgehead atoms. The van der Waals surface area contributed by atoms with Crippen LogP contribution < -0.4 is 5.32 Å². The van der Waals surface area contributed by atoms with E-state index in [2.05, 4.69) is 5.32 Å². The molecule has 1 aliphatic heterocycles. The van der Waals surface area contributed by atoms with Crippen molar-refractivity contribution in [2.24, 2.45) is 0 Å². The number of carbonyl (C=O) groups excluding carboxylic acids is 2. The maximum absolute atomic E-state index is 11.8. The molecule has 1 N–H and O–H groups in total. The van der Waals surface area contributed by atoms with Gasteiger partial charge in [0, 0.05) is 6.54 Å². The number of carbonyl (C=O) groups is 2. The van der Waals surface area contributed by atoms with Crippen molar-refractivity contribution < 1.29 is 9.59 Å². The number of nitrogens with one attached hydrogen (secondary N) is 1. The standard InChI is InChI=1S/C11H12N2O2S/c1-2-4-13-10(14)9(12-11(13)15)6-8-3-5-16-7-8/h3,5-7H,2,4H2,1H3,(H,12,15)/b9-6+. The molecule has 0 radical (unpaired) electrons. The molecule has 1 saturated heterocycles. The molecule has 1 aromatic heterocycles. The van der Waals surface area contributed by atoms with Crippen molar-refractivity contribution in [1.82, 2.24) is 10.2 Å². The summed E-state index contributed by atoms with van der Waals surface area (Å²) in [6, 6.07) is 1.58. The lowest BCUT2D eigenvalue weighted by Gasteiger charge is -2.08. The van der Waals surface area contributed by atoms with Crippen LogP contribution in [0.4, 0.5) is 4.79 Å². The maximum atomic E-state index is 11.8. The van der Waals surface area contributed by atoms with Crippen LogP contribution in [0.5, 0.6) is 0 Å². The molecule has 0 spiro atoms. The number of thiophene rings is 1. The van der Waals surface area contributed by atoms with Gasteiger partial charge in [-0.05, 0) is 34.9 Å². The molecule has 2 heterocycles. The van der Waals surface area contributed by atoms with Gasteiger partial charge in [0.1, 0.15) is 5.70 Å². The predicted octanol–water partition coefficient (Wildman–Crippen LogP) is 2.05. The van der Waals surface area contributed by atoms with Crippen molar-refractivity contribution in [3.8, 4) is 0 Å². The second kappa shape index (κ2) is 4.49. The van der Waals surface area contributed by atoms with Crippen LogP contribution in [0.2, 0.25) is 0 Å². The van der Waals surface area contributed by atoms with Crippen molar-refractivity contribution in [2.45, 2.75) is 13.3 Å². The molecule has 4 nitrogen and oxygen atoms in total. The summed E-state index contributed by atoms with van der Waals surface area (Å²) in [5, 5.41) is 6.43. The van der Waals surface area contributed by atoms with Crippen LogP contribution in [0.15, 0.2) is 22.5 Å². The van der Waals surface area contributed by atoms with Crippen molar-refractivity contribution in [3.05, 3.63) is 28.1 Å². The number of imide groups is 1. The molecule has 0 aliphatic carbocycles. The summed E-state index contributed by atoms with van der Waals surface area (Å²) in [5.74, 6) is -0.238. The van der Waals surface area contributed by atoms with E-state index >= 15 is 0 Å². The smallest absolute Gasteiger partial charge is 0.303 e. The van der Waals surface area contributed by atoms with E-state index in [0.29, 0.717) is 12.2 Å². The number of rotatable bonds is 3. The first-order valence-electron chi connectivity index (χ1n) is 5.09. The minimum atomic E-state index is -0.326. The van der Waals surface area contributed by atoms with Gasteiger partial charge < -0.3 is 5.32 Å². The summed E-state index contributed by atoms with van der Waals surface area (Å²) >= 11 is 1.55. The highest BCUT2D eigenvalue weighted by Crippen LogP contribution is 2.15. The first-order valence-corrected chi connectivity index (χ1v) is 6.03. The zero-order valence-electron chi connectivity index (χ0n) is 8.90. The molecule has 1 fully saturated rings. The van der Waals surface area contributed by atoms with Gasteiger partial charge in [-0.3, -0.25) is 9.69 Å². The summed E-state index contributed by atoms with van der Waals surface area (Å²) in [4.78, 5) is 24.5. The van der Waals surface area contributed by atoms with Crippen LogP contribution in [0.3, 0.4) is 0 Å². The van der Waals surface area contributed by atoms with E-state index in [1.54, 1.807) is 17.4 Å². The summed E-state index contributed by atoms with van der Waals surface area (Å²) < 4.78 is 0. The van der Waals surface area contributed by atoms with Crippen molar-refractivity contribution in [1.29, 1.82) is 0 Å². The molecule has 2 rings (SSSR count). The third-order valence-electron chi connectivity index (χ3n) is 2.26. The Bertz CT molecular complexity index is 437. The highest BCUT2D eigenvalue weighted by Gasteiger charge is 2.32. The monoisotopic (exact) mass is 236 g/mol. The average molecular weight is 236 g/mol.